The normalized spacial score (nSPS) is 13.6. The topological polar surface area (TPSA) is 72.2 Å². The Kier molecular flexibility index (Phi) is 5.64. The molecular formula is C18H17F3N2O3S2. The highest BCUT2D eigenvalue weighted by Gasteiger charge is 2.36. The van der Waals surface area contributed by atoms with Crippen molar-refractivity contribution < 1.29 is 26.1 Å². The molecule has 3 rings (SSSR count). The van der Waals surface area contributed by atoms with Gasteiger partial charge in [0.2, 0.25) is 15.8 Å². The van der Waals surface area contributed by atoms with Crippen molar-refractivity contribution in [3.63, 3.8) is 0 Å². The number of sulfonamides is 1. The highest BCUT2D eigenvalue weighted by Crippen LogP contribution is 2.36. The summed E-state index contributed by atoms with van der Waals surface area (Å²) in [6.45, 7) is 3.69. The monoisotopic (exact) mass is 430 g/mol. The fraction of sp³-hybridized carbons (Fsp3) is 0.278. The lowest BCUT2D eigenvalue weighted by Crippen LogP contribution is -2.27. The van der Waals surface area contributed by atoms with Crippen molar-refractivity contribution in [2.45, 2.75) is 30.8 Å². The minimum atomic E-state index is -4.65. The molecule has 0 fully saturated rings. The van der Waals surface area contributed by atoms with Gasteiger partial charge in [0.05, 0.1) is 9.77 Å². The van der Waals surface area contributed by atoms with Gasteiger partial charge in [0, 0.05) is 17.5 Å². The van der Waals surface area contributed by atoms with Gasteiger partial charge in [-0.1, -0.05) is 42.4 Å². The van der Waals surface area contributed by atoms with Gasteiger partial charge in [-0.05, 0) is 24.5 Å². The van der Waals surface area contributed by atoms with Crippen molar-refractivity contribution in [1.29, 1.82) is 0 Å². The summed E-state index contributed by atoms with van der Waals surface area (Å²) in [7, 11) is -3.82. The summed E-state index contributed by atoms with van der Waals surface area (Å²) < 4.78 is 70.2. The van der Waals surface area contributed by atoms with E-state index in [0.29, 0.717) is 4.88 Å². The maximum atomic E-state index is 12.7. The molecule has 10 heteroatoms. The van der Waals surface area contributed by atoms with Crippen LogP contribution in [-0.4, -0.2) is 20.1 Å². The van der Waals surface area contributed by atoms with E-state index < -0.39 is 22.0 Å². The second kappa shape index (κ2) is 7.69. The minimum Gasteiger partial charge on any atom is -0.351 e. The molecule has 150 valence electrons. The first-order valence-corrected chi connectivity index (χ1v) is 10.6. The van der Waals surface area contributed by atoms with E-state index in [1.165, 1.54) is 6.07 Å². The van der Waals surface area contributed by atoms with Crippen molar-refractivity contribution >= 4 is 21.4 Å². The molecule has 0 unspecified atom stereocenters. The summed E-state index contributed by atoms with van der Waals surface area (Å²) in [6, 6.07) is 11.5. The first-order chi connectivity index (χ1) is 13.1. The SMILES string of the molecule is Cc1sc(-c2cc(C(F)(F)F)on2)cc1S(=O)(=O)NC[C@H](C)c1ccccc1. The third kappa shape index (κ3) is 4.45. The molecule has 28 heavy (non-hydrogen) atoms. The van der Waals surface area contributed by atoms with Crippen LogP contribution in [0.4, 0.5) is 13.2 Å². The largest absolute Gasteiger partial charge is 0.452 e. The van der Waals surface area contributed by atoms with Gasteiger partial charge in [0.1, 0.15) is 5.69 Å². The van der Waals surface area contributed by atoms with Crippen molar-refractivity contribution in [3.8, 4) is 10.6 Å². The van der Waals surface area contributed by atoms with Gasteiger partial charge in [-0.15, -0.1) is 11.3 Å². The molecule has 0 aliphatic carbocycles. The molecule has 0 saturated heterocycles. The van der Waals surface area contributed by atoms with Gasteiger partial charge in [-0.3, -0.25) is 0 Å². The molecule has 2 heterocycles. The van der Waals surface area contributed by atoms with Crippen LogP contribution in [0.2, 0.25) is 0 Å². The van der Waals surface area contributed by atoms with E-state index in [0.717, 1.165) is 23.0 Å². The van der Waals surface area contributed by atoms with E-state index in [9.17, 15) is 21.6 Å². The van der Waals surface area contributed by atoms with Crippen LogP contribution in [0.5, 0.6) is 0 Å². The molecule has 1 N–H and O–H groups in total. The average Bonchev–Trinajstić information content (AvgIpc) is 3.27. The zero-order valence-corrected chi connectivity index (χ0v) is 16.6. The Morgan fingerprint density at radius 3 is 2.50 bits per heavy atom. The third-order valence-electron chi connectivity index (χ3n) is 4.15. The number of aromatic nitrogens is 1. The first kappa shape index (κ1) is 20.6. The molecule has 0 saturated carbocycles. The summed E-state index contributed by atoms with van der Waals surface area (Å²) in [5, 5.41) is 3.40. The van der Waals surface area contributed by atoms with Gasteiger partial charge < -0.3 is 4.52 Å². The third-order valence-corrected chi connectivity index (χ3v) is 6.90. The predicted octanol–water partition coefficient (Wildman–Crippen LogP) is 4.81. The molecule has 0 spiro atoms. The number of thiophene rings is 1. The summed E-state index contributed by atoms with van der Waals surface area (Å²) >= 11 is 1.04. The zero-order chi connectivity index (χ0) is 20.5. The van der Waals surface area contributed by atoms with Crippen LogP contribution in [0.15, 0.2) is 51.9 Å². The number of rotatable bonds is 6. The van der Waals surface area contributed by atoms with Crippen molar-refractivity contribution in [2.75, 3.05) is 6.54 Å². The van der Waals surface area contributed by atoms with E-state index in [4.69, 9.17) is 0 Å². The molecule has 1 aromatic carbocycles. The number of nitrogens with zero attached hydrogens (tertiary/aromatic N) is 1. The van der Waals surface area contributed by atoms with Crippen molar-refractivity contribution in [3.05, 3.63) is 58.7 Å². The van der Waals surface area contributed by atoms with E-state index in [-0.39, 0.29) is 27.9 Å². The number of hydrogen-bond donors (Lipinski definition) is 1. The lowest BCUT2D eigenvalue weighted by atomic mass is 10.0. The molecular weight excluding hydrogens is 413 g/mol. The Labute approximate surface area is 164 Å². The highest BCUT2D eigenvalue weighted by molar-refractivity contribution is 7.89. The number of alkyl halides is 3. The van der Waals surface area contributed by atoms with Crippen molar-refractivity contribution in [1.82, 2.24) is 9.88 Å². The Bertz CT molecular complexity index is 1060. The van der Waals surface area contributed by atoms with Gasteiger partial charge in [-0.25, -0.2) is 13.1 Å². The van der Waals surface area contributed by atoms with Crippen LogP contribution in [0.25, 0.3) is 10.6 Å². The summed E-state index contributed by atoms with van der Waals surface area (Å²) in [4.78, 5) is 0.754. The highest BCUT2D eigenvalue weighted by atomic mass is 32.2. The number of nitrogens with one attached hydrogen (secondary N) is 1. The summed E-state index contributed by atoms with van der Waals surface area (Å²) in [5.41, 5.74) is 0.940. The maximum Gasteiger partial charge on any atom is 0.452 e. The smallest absolute Gasteiger partial charge is 0.351 e. The molecule has 0 amide bonds. The van der Waals surface area contributed by atoms with Gasteiger partial charge in [0.15, 0.2) is 0 Å². The van der Waals surface area contributed by atoms with Crippen LogP contribution in [-0.2, 0) is 16.2 Å². The lowest BCUT2D eigenvalue weighted by molar-refractivity contribution is -0.155. The number of halogens is 3. The van der Waals surface area contributed by atoms with Crippen LogP contribution < -0.4 is 4.72 Å². The maximum absolute atomic E-state index is 12.7. The number of aryl methyl sites for hydroxylation is 1. The molecule has 5 nitrogen and oxygen atoms in total. The first-order valence-electron chi connectivity index (χ1n) is 8.27. The van der Waals surface area contributed by atoms with Crippen molar-refractivity contribution in [2.24, 2.45) is 0 Å². The second-order valence-electron chi connectivity index (χ2n) is 6.27. The molecule has 0 aliphatic rings. The molecule has 0 radical (unpaired) electrons. The quantitative estimate of drug-likeness (QED) is 0.609. The number of hydrogen-bond acceptors (Lipinski definition) is 5. The zero-order valence-electron chi connectivity index (χ0n) is 14.9. The van der Waals surface area contributed by atoms with Crippen LogP contribution >= 0.6 is 11.3 Å². The Morgan fingerprint density at radius 1 is 1.21 bits per heavy atom. The van der Waals surface area contributed by atoms with Crippen LogP contribution in [0.1, 0.15) is 29.0 Å². The lowest BCUT2D eigenvalue weighted by Gasteiger charge is -2.13. The van der Waals surface area contributed by atoms with Crippen LogP contribution in [0.3, 0.4) is 0 Å². The summed E-state index contributed by atoms with van der Waals surface area (Å²) in [6.07, 6.45) is -4.65. The standard InChI is InChI=1S/C18H17F3N2O3S2/c1-11(13-6-4-3-5-7-13)10-22-28(24,25)16-9-15(27-12(16)2)14-8-17(26-23-14)18(19,20)21/h3-9,11,22H,10H2,1-2H3/t11-/m0/s1. The fourth-order valence-corrected chi connectivity index (χ4v) is 5.27. The minimum absolute atomic E-state index is 0.0179. The molecule has 0 aliphatic heterocycles. The van der Waals surface area contributed by atoms with Gasteiger partial charge in [-0.2, -0.15) is 13.2 Å². The van der Waals surface area contributed by atoms with Gasteiger partial charge >= 0.3 is 6.18 Å². The second-order valence-corrected chi connectivity index (χ2v) is 9.26. The van der Waals surface area contributed by atoms with E-state index >= 15 is 0 Å². The van der Waals surface area contributed by atoms with E-state index in [1.807, 2.05) is 37.3 Å². The fourth-order valence-electron chi connectivity index (χ4n) is 2.60. The van der Waals surface area contributed by atoms with E-state index in [1.54, 1.807) is 6.92 Å². The molecule has 0 bridgehead atoms. The predicted molar refractivity (Wildman–Crippen MR) is 99.6 cm³/mol. The molecule has 1 atom stereocenters. The molecule has 3 aromatic rings. The number of benzene rings is 1. The Balaban J connectivity index is 1.78. The van der Waals surface area contributed by atoms with Crippen LogP contribution in [0, 0.1) is 6.92 Å². The summed E-state index contributed by atoms with van der Waals surface area (Å²) in [5.74, 6) is -1.27. The Morgan fingerprint density at radius 2 is 1.89 bits per heavy atom. The Hall–Kier alpha value is -2.17. The average molecular weight is 430 g/mol. The van der Waals surface area contributed by atoms with Gasteiger partial charge in [0.25, 0.3) is 0 Å². The van der Waals surface area contributed by atoms with E-state index in [2.05, 4.69) is 14.4 Å². The molecule has 2 aromatic heterocycles.